The Hall–Kier alpha value is -0.610. The predicted molar refractivity (Wildman–Crippen MR) is 57.1 cm³/mol. The maximum absolute atomic E-state index is 11.3. The lowest BCUT2D eigenvalue weighted by Gasteiger charge is -2.15. The van der Waals surface area contributed by atoms with Crippen LogP contribution in [0.5, 0.6) is 0 Å². The van der Waals surface area contributed by atoms with Crippen LogP contribution in [0, 0.1) is 0 Å². The summed E-state index contributed by atoms with van der Waals surface area (Å²) in [7, 11) is 0. The fourth-order valence-electron chi connectivity index (χ4n) is 0.967. The lowest BCUT2D eigenvalue weighted by atomic mass is 10.2. The molecule has 0 rings (SSSR count). The maximum atomic E-state index is 11.3. The lowest BCUT2D eigenvalue weighted by Crippen LogP contribution is -2.43. The first-order valence-electron chi connectivity index (χ1n) is 5.27. The molecule has 0 fully saturated rings. The molecule has 0 aromatic rings. The Bertz CT molecular complexity index is 158. The van der Waals surface area contributed by atoms with Crippen LogP contribution in [-0.4, -0.2) is 36.2 Å². The first kappa shape index (κ1) is 13.4. The van der Waals surface area contributed by atoms with Gasteiger partial charge < -0.3 is 15.7 Å². The van der Waals surface area contributed by atoms with Crippen molar-refractivity contribution in [2.24, 2.45) is 0 Å². The van der Waals surface area contributed by atoms with Crippen LogP contribution in [0.15, 0.2) is 0 Å². The zero-order chi connectivity index (χ0) is 11.0. The molecule has 0 aliphatic carbocycles. The van der Waals surface area contributed by atoms with Crippen molar-refractivity contribution in [1.29, 1.82) is 0 Å². The average molecular weight is 202 g/mol. The van der Waals surface area contributed by atoms with E-state index in [9.17, 15) is 4.79 Å². The van der Waals surface area contributed by atoms with Crippen LogP contribution in [0.3, 0.4) is 0 Å². The van der Waals surface area contributed by atoms with Gasteiger partial charge in [-0.1, -0.05) is 13.8 Å². The van der Waals surface area contributed by atoms with Crippen molar-refractivity contribution in [3.63, 3.8) is 0 Å². The Morgan fingerprint density at radius 1 is 1.36 bits per heavy atom. The van der Waals surface area contributed by atoms with E-state index in [1.165, 1.54) is 0 Å². The number of hydrogen-bond donors (Lipinski definition) is 3. The monoisotopic (exact) mass is 202 g/mol. The topological polar surface area (TPSA) is 61.4 Å². The summed E-state index contributed by atoms with van der Waals surface area (Å²) in [5, 5.41) is 14.7. The number of carbonyl (C=O) groups excluding carboxylic acids is 1. The van der Waals surface area contributed by atoms with Crippen LogP contribution in [0.25, 0.3) is 0 Å². The maximum Gasteiger partial charge on any atom is 0.234 e. The van der Waals surface area contributed by atoms with Crippen LogP contribution in [0.1, 0.15) is 33.6 Å². The van der Waals surface area contributed by atoms with Gasteiger partial charge in [0.1, 0.15) is 0 Å². The Morgan fingerprint density at radius 2 is 2.00 bits per heavy atom. The van der Waals surface area contributed by atoms with E-state index >= 15 is 0 Å². The fraction of sp³-hybridized carbons (Fsp3) is 0.900. The first-order chi connectivity index (χ1) is 6.63. The van der Waals surface area contributed by atoms with Gasteiger partial charge in [-0.2, -0.15) is 0 Å². The average Bonchev–Trinajstić information content (AvgIpc) is 2.22. The van der Waals surface area contributed by atoms with E-state index in [0.29, 0.717) is 12.6 Å². The predicted octanol–water partition coefficient (Wildman–Crippen LogP) is 0.262. The van der Waals surface area contributed by atoms with Crippen molar-refractivity contribution >= 4 is 5.91 Å². The molecular formula is C10H22N2O2. The molecule has 0 radical (unpaired) electrons. The van der Waals surface area contributed by atoms with Gasteiger partial charge in [-0.15, -0.1) is 0 Å². The summed E-state index contributed by atoms with van der Waals surface area (Å²) in [5.41, 5.74) is 0. The Kier molecular flexibility index (Phi) is 7.42. The highest BCUT2D eigenvalue weighted by Crippen LogP contribution is 1.89. The van der Waals surface area contributed by atoms with Gasteiger partial charge in [-0.3, -0.25) is 4.79 Å². The highest BCUT2D eigenvalue weighted by molar-refractivity contribution is 5.78. The molecule has 0 bridgehead atoms. The summed E-state index contributed by atoms with van der Waals surface area (Å²) in [4.78, 5) is 11.3. The van der Waals surface area contributed by atoms with Crippen LogP contribution in [0.2, 0.25) is 0 Å². The fourth-order valence-corrected chi connectivity index (χ4v) is 0.967. The van der Waals surface area contributed by atoms with Gasteiger partial charge in [-0.05, 0) is 19.8 Å². The SMILES string of the molecule is CCC(C)NCC(=O)N[C@@H](CC)CO. The lowest BCUT2D eigenvalue weighted by molar-refractivity contribution is -0.121. The van der Waals surface area contributed by atoms with E-state index < -0.39 is 0 Å². The number of amides is 1. The van der Waals surface area contributed by atoms with Gasteiger partial charge in [-0.25, -0.2) is 0 Å². The smallest absolute Gasteiger partial charge is 0.234 e. The third kappa shape index (κ3) is 5.94. The molecule has 4 nitrogen and oxygen atoms in total. The van der Waals surface area contributed by atoms with Crippen molar-refractivity contribution in [3.8, 4) is 0 Å². The summed E-state index contributed by atoms with van der Waals surface area (Å²) in [6.45, 7) is 6.37. The number of aliphatic hydroxyl groups is 1. The molecule has 0 saturated heterocycles. The van der Waals surface area contributed by atoms with E-state index in [1.54, 1.807) is 0 Å². The minimum Gasteiger partial charge on any atom is -0.394 e. The standard InChI is InChI=1S/C10H22N2O2/c1-4-8(3)11-6-10(14)12-9(5-2)7-13/h8-9,11,13H,4-7H2,1-3H3,(H,12,14)/t8?,9-/m0/s1. The molecule has 0 heterocycles. The van der Waals surface area contributed by atoms with E-state index in [1.807, 2.05) is 13.8 Å². The van der Waals surface area contributed by atoms with Crippen molar-refractivity contribution in [2.75, 3.05) is 13.2 Å². The Morgan fingerprint density at radius 3 is 2.43 bits per heavy atom. The molecule has 0 spiro atoms. The van der Waals surface area contributed by atoms with Crippen LogP contribution in [-0.2, 0) is 4.79 Å². The second-order valence-electron chi connectivity index (χ2n) is 3.55. The number of hydrogen-bond acceptors (Lipinski definition) is 3. The van der Waals surface area contributed by atoms with Crippen LogP contribution >= 0.6 is 0 Å². The molecule has 0 aliphatic heterocycles. The quantitative estimate of drug-likeness (QED) is 0.555. The minimum absolute atomic E-state index is 0.00553. The third-order valence-electron chi connectivity index (χ3n) is 2.30. The second-order valence-corrected chi connectivity index (χ2v) is 3.55. The van der Waals surface area contributed by atoms with Gasteiger partial charge >= 0.3 is 0 Å². The van der Waals surface area contributed by atoms with Crippen molar-refractivity contribution in [2.45, 2.75) is 45.7 Å². The summed E-state index contributed by atoms with van der Waals surface area (Å²) >= 11 is 0. The van der Waals surface area contributed by atoms with Gasteiger partial charge in [0.15, 0.2) is 0 Å². The summed E-state index contributed by atoms with van der Waals surface area (Å²) in [6.07, 6.45) is 1.76. The molecule has 0 saturated carbocycles. The molecular weight excluding hydrogens is 180 g/mol. The third-order valence-corrected chi connectivity index (χ3v) is 2.30. The first-order valence-corrected chi connectivity index (χ1v) is 5.27. The summed E-state index contributed by atoms with van der Waals surface area (Å²) < 4.78 is 0. The summed E-state index contributed by atoms with van der Waals surface area (Å²) in [6, 6.07) is 0.246. The van der Waals surface area contributed by atoms with Crippen molar-refractivity contribution < 1.29 is 9.90 Å². The molecule has 0 aromatic heterocycles. The largest absolute Gasteiger partial charge is 0.394 e. The van der Waals surface area contributed by atoms with E-state index in [0.717, 1.165) is 12.8 Å². The normalized spacial score (nSPS) is 14.9. The minimum atomic E-state index is -0.110. The molecule has 1 amide bonds. The molecule has 3 N–H and O–H groups in total. The van der Waals surface area contributed by atoms with Gasteiger partial charge in [0.2, 0.25) is 5.91 Å². The van der Waals surface area contributed by atoms with Gasteiger partial charge in [0.25, 0.3) is 0 Å². The van der Waals surface area contributed by atoms with E-state index in [4.69, 9.17) is 5.11 Å². The molecule has 0 aromatic carbocycles. The number of nitrogens with one attached hydrogen (secondary N) is 2. The van der Waals surface area contributed by atoms with Gasteiger partial charge in [0.05, 0.1) is 19.2 Å². The molecule has 2 atom stereocenters. The zero-order valence-corrected chi connectivity index (χ0v) is 9.34. The zero-order valence-electron chi connectivity index (χ0n) is 9.34. The molecule has 0 aliphatic rings. The highest BCUT2D eigenvalue weighted by atomic mass is 16.3. The van der Waals surface area contributed by atoms with E-state index in [-0.39, 0.29) is 18.6 Å². The van der Waals surface area contributed by atoms with Gasteiger partial charge in [0, 0.05) is 6.04 Å². The second kappa shape index (κ2) is 7.76. The highest BCUT2D eigenvalue weighted by Gasteiger charge is 2.09. The molecule has 14 heavy (non-hydrogen) atoms. The van der Waals surface area contributed by atoms with Crippen molar-refractivity contribution in [3.05, 3.63) is 0 Å². The van der Waals surface area contributed by atoms with Crippen LogP contribution in [0.4, 0.5) is 0 Å². The number of rotatable bonds is 7. The summed E-state index contributed by atoms with van der Waals surface area (Å²) in [5.74, 6) is -0.0498. The number of carbonyl (C=O) groups is 1. The van der Waals surface area contributed by atoms with E-state index in [2.05, 4.69) is 17.6 Å². The molecule has 4 heteroatoms. The van der Waals surface area contributed by atoms with Crippen molar-refractivity contribution in [1.82, 2.24) is 10.6 Å². The molecule has 84 valence electrons. The Labute approximate surface area is 86.1 Å². The Balaban J connectivity index is 3.64. The van der Waals surface area contributed by atoms with Crippen LogP contribution < -0.4 is 10.6 Å². The molecule has 1 unspecified atom stereocenters. The number of aliphatic hydroxyl groups excluding tert-OH is 1.